The van der Waals surface area contributed by atoms with Gasteiger partial charge in [-0.15, -0.1) is 5.56 Å². The van der Waals surface area contributed by atoms with Gasteiger partial charge in [0.2, 0.25) is 0 Å². The third kappa shape index (κ3) is 7.25. The van der Waals surface area contributed by atoms with Gasteiger partial charge in [-0.1, -0.05) is 12.8 Å². The molecule has 2 heteroatoms. The average molecular weight is 412 g/mol. The van der Waals surface area contributed by atoms with E-state index in [9.17, 15) is 0 Å². The Labute approximate surface area is 172 Å². The normalized spacial score (nSPS) is 18.7. The zero-order chi connectivity index (χ0) is 17.2. The van der Waals surface area contributed by atoms with Crippen molar-refractivity contribution in [1.29, 1.82) is 0 Å². The molecule has 2 saturated carbocycles. The first-order valence-electron chi connectivity index (χ1n) is 10.4. The van der Waals surface area contributed by atoms with Crippen molar-refractivity contribution in [3.05, 3.63) is 66.2 Å². The third-order valence-corrected chi connectivity index (χ3v) is 10.0. The molecule has 2 aliphatic rings. The van der Waals surface area contributed by atoms with Crippen LogP contribution in [0.3, 0.4) is 0 Å². The Kier molecular flexibility index (Phi) is 10.7. The van der Waals surface area contributed by atoms with E-state index in [0.717, 1.165) is 11.3 Å². The minimum absolute atomic E-state index is 0. The van der Waals surface area contributed by atoms with Gasteiger partial charge in [-0.2, -0.15) is 48.5 Å². The summed E-state index contributed by atoms with van der Waals surface area (Å²) in [5.74, 6) is 0. The maximum atomic E-state index is 3.50. The van der Waals surface area contributed by atoms with Gasteiger partial charge in [-0.3, -0.25) is 0 Å². The van der Waals surface area contributed by atoms with E-state index < -0.39 is 0 Å². The van der Waals surface area contributed by atoms with Gasteiger partial charge in [0.15, 0.2) is 0 Å². The summed E-state index contributed by atoms with van der Waals surface area (Å²) in [5, 5.41) is 0. The second-order valence-corrected chi connectivity index (χ2v) is 10.9. The molecule has 0 aromatic heterocycles. The molecule has 0 atom stereocenters. The first-order valence-corrected chi connectivity index (χ1v) is 12.3. The second kappa shape index (κ2) is 12.8. The fourth-order valence-corrected chi connectivity index (χ4v) is 8.85. The van der Waals surface area contributed by atoms with Gasteiger partial charge in [0.25, 0.3) is 0 Å². The summed E-state index contributed by atoms with van der Waals surface area (Å²) >= 11 is 0. The number of rotatable bonds is 4. The van der Waals surface area contributed by atoms with Crippen LogP contribution in [-0.2, 0) is 22.7 Å². The first-order chi connectivity index (χ1) is 12.4. The van der Waals surface area contributed by atoms with Crippen LogP contribution in [0.2, 0.25) is 0 Å². The molecule has 4 rings (SSSR count). The molecule has 0 amide bonds. The molecule has 0 radical (unpaired) electrons. The van der Waals surface area contributed by atoms with Crippen molar-refractivity contribution in [3.8, 4) is 0 Å². The maximum Gasteiger partial charge on any atom is 0.0680 e. The van der Waals surface area contributed by atoms with Crippen molar-refractivity contribution in [2.45, 2.75) is 81.7 Å². The molecular weight excluding hydrogens is 378 g/mol. The molecule has 2 fully saturated rings. The number of hydrogen-bond acceptors (Lipinski definition) is 0. The summed E-state index contributed by atoms with van der Waals surface area (Å²) in [6, 6.07) is 22.2. The monoisotopic (exact) mass is 411 g/mol. The topological polar surface area (TPSA) is 0 Å². The van der Waals surface area contributed by atoms with Crippen LogP contribution in [0.25, 0.3) is 0 Å². The SMILES string of the molecule is [Ni].[c-]1ccccc1C[PH+](C1CCCCC1)C1CCCCC1.c1cc[cH-]c1. The van der Waals surface area contributed by atoms with Crippen molar-refractivity contribution in [3.63, 3.8) is 0 Å². The van der Waals surface area contributed by atoms with E-state index in [2.05, 4.69) is 30.3 Å². The van der Waals surface area contributed by atoms with E-state index in [1.165, 1.54) is 75.9 Å². The number of benzene rings is 1. The quantitative estimate of drug-likeness (QED) is 0.282. The van der Waals surface area contributed by atoms with E-state index in [1.54, 1.807) is 0 Å². The molecule has 0 saturated heterocycles. The summed E-state index contributed by atoms with van der Waals surface area (Å²) in [5.41, 5.74) is 3.70. The van der Waals surface area contributed by atoms with Crippen LogP contribution >= 0.6 is 7.92 Å². The average Bonchev–Trinajstić information content (AvgIpc) is 3.28. The Bertz CT molecular complexity index is 504. The second-order valence-electron chi connectivity index (χ2n) is 7.77. The molecule has 2 aliphatic carbocycles. The third-order valence-electron chi connectivity index (χ3n) is 5.98. The molecule has 0 spiro atoms. The maximum absolute atomic E-state index is 3.50. The van der Waals surface area contributed by atoms with Crippen molar-refractivity contribution in [2.24, 2.45) is 0 Å². The molecule has 0 heterocycles. The smallest absolute Gasteiger partial charge is 0.0680 e. The molecule has 0 nitrogen and oxygen atoms in total. The predicted octanol–water partition coefficient (Wildman–Crippen LogP) is 7.27. The van der Waals surface area contributed by atoms with Gasteiger partial charge < -0.3 is 0 Å². The largest absolute Gasteiger partial charge is 0.214 e. The summed E-state index contributed by atoms with van der Waals surface area (Å²) in [6.45, 7) is 0. The van der Waals surface area contributed by atoms with Crippen LogP contribution in [0.15, 0.2) is 54.6 Å². The molecule has 146 valence electrons. The molecule has 2 aromatic rings. The minimum Gasteiger partial charge on any atom is -0.214 e. The molecule has 26 heavy (non-hydrogen) atoms. The van der Waals surface area contributed by atoms with Crippen LogP contribution < -0.4 is 0 Å². The fourth-order valence-electron chi connectivity index (χ4n) is 4.65. The summed E-state index contributed by atoms with van der Waals surface area (Å²) in [4.78, 5) is 0. The Hall–Kier alpha value is -0.506. The van der Waals surface area contributed by atoms with Crippen LogP contribution in [0, 0.1) is 6.07 Å². The van der Waals surface area contributed by atoms with Gasteiger partial charge in [0.1, 0.15) is 0 Å². The van der Waals surface area contributed by atoms with Crippen LogP contribution in [0.4, 0.5) is 0 Å². The van der Waals surface area contributed by atoms with Crippen molar-refractivity contribution in [1.82, 2.24) is 0 Å². The zero-order valence-corrected chi connectivity index (χ0v) is 17.9. The Morgan fingerprint density at radius 1 is 0.808 bits per heavy atom. The molecule has 0 unspecified atom stereocenters. The first kappa shape index (κ1) is 21.8. The van der Waals surface area contributed by atoms with Gasteiger partial charge in [-0.25, -0.2) is 12.1 Å². The zero-order valence-electron chi connectivity index (χ0n) is 15.9. The fraction of sp³-hybridized carbons (Fsp3) is 0.542. The van der Waals surface area contributed by atoms with Crippen molar-refractivity contribution < 1.29 is 16.5 Å². The number of hydrogen-bond donors (Lipinski definition) is 0. The molecule has 0 N–H and O–H groups in total. The summed E-state index contributed by atoms with van der Waals surface area (Å²) < 4.78 is 0. The van der Waals surface area contributed by atoms with E-state index in [1.807, 2.05) is 30.3 Å². The summed E-state index contributed by atoms with van der Waals surface area (Å²) in [7, 11) is -0.229. The molecule has 0 bridgehead atoms. The van der Waals surface area contributed by atoms with E-state index in [-0.39, 0.29) is 24.4 Å². The Balaban J connectivity index is 0.000000351. The standard InChI is InChI=1S/C19H28P.C5H5.Ni/c1-4-10-17(11-5-1)16-20(18-12-6-2-7-13-18)19-14-8-3-9-15-19;1-2-4-5-3-1;/h1,4-5,10,18-19H,2-3,6-9,12-16H2;1-5H;/q2*-1;/p+1. The van der Waals surface area contributed by atoms with Crippen molar-refractivity contribution >= 4 is 7.92 Å². The predicted molar refractivity (Wildman–Crippen MR) is 113 cm³/mol. The molecule has 0 aliphatic heterocycles. The minimum atomic E-state index is -0.229. The van der Waals surface area contributed by atoms with E-state index in [0.29, 0.717) is 0 Å². The van der Waals surface area contributed by atoms with Gasteiger partial charge >= 0.3 is 0 Å². The van der Waals surface area contributed by atoms with Crippen LogP contribution in [0.5, 0.6) is 0 Å². The Morgan fingerprint density at radius 2 is 1.38 bits per heavy atom. The molecular formula is C24H34NiP-. The van der Waals surface area contributed by atoms with Gasteiger partial charge in [0.05, 0.1) is 17.5 Å². The molecule has 2 aromatic carbocycles. The van der Waals surface area contributed by atoms with Gasteiger partial charge in [0, 0.05) is 24.4 Å². The summed E-state index contributed by atoms with van der Waals surface area (Å²) in [6.07, 6.45) is 16.6. The van der Waals surface area contributed by atoms with E-state index in [4.69, 9.17) is 0 Å². The van der Waals surface area contributed by atoms with Crippen molar-refractivity contribution in [2.75, 3.05) is 0 Å². The Morgan fingerprint density at radius 3 is 1.81 bits per heavy atom. The van der Waals surface area contributed by atoms with Crippen LogP contribution in [-0.4, -0.2) is 11.3 Å². The van der Waals surface area contributed by atoms with E-state index >= 15 is 0 Å². The van der Waals surface area contributed by atoms with Gasteiger partial charge in [-0.05, 0) is 51.4 Å². The van der Waals surface area contributed by atoms with Crippen LogP contribution in [0.1, 0.15) is 69.8 Å².